The molecule has 5 fully saturated rings. The van der Waals surface area contributed by atoms with Crippen LogP contribution in [0.1, 0.15) is 71.6 Å². The summed E-state index contributed by atoms with van der Waals surface area (Å²) in [6, 6.07) is 0.145. The molecule has 0 spiro atoms. The van der Waals surface area contributed by atoms with E-state index in [2.05, 4.69) is 10.6 Å². The van der Waals surface area contributed by atoms with Crippen LogP contribution >= 0.6 is 0 Å². The monoisotopic (exact) mass is 403 g/mol. The van der Waals surface area contributed by atoms with Crippen LogP contribution in [0.15, 0.2) is 0 Å². The molecule has 1 heterocycles. The third kappa shape index (κ3) is 4.77. The quantitative estimate of drug-likeness (QED) is 0.715. The zero-order valence-electron chi connectivity index (χ0n) is 18.0. The van der Waals surface area contributed by atoms with E-state index in [1.54, 1.807) is 4.90 Å². The van der Waals surface area contributed by atoms with Gasteiger partial charge in [-0.1, -0.05) is 0 Å². The zero-order valence-corrected chi connectivity index (χ0v) is 18.0. The van der Waals surface area contributed by atoms with Crippen LogP contribution in [-0.4, -0.2) is 48.3 Å². The van der Waals surface area contributed by atoms with E-state index in [1.165, 1.54) is 38.5 Å². The van der Waals surface area contributed by atoms with Crippen LogP contribution < -0.4 is 10.6 Å². The lowest BCUT2D eigenvalue weighted by molar-refractivity contribution is -0.137. The van der Waals surface area contributed by atoms with Gasteiger partial charge in [0.05, 0.1) is 6.54 Å². The highest BCUT2D eigenvalue weighted by atomic mass is 16.2. The summed E-state index contributed by atoms with van der Waals surface area (Å²) in [4.78, 5) is 39.1. The van der Waals surface area contributed by atoms with Crippen LogP contribution in [-0.2, 0) is 14.4 Å². The van der Waals surface area contributed by atoms with Crippen LogP contribution in [0.4, 0.5) is 0 Å². The molecule has 162 valence electrons. The molecular weight excluding hydrogens is 366 g/mol. The fraction of sp³-hybridized carbons (Fsp3) is 0.870. The Morgan fingerprint density at radius 3 is 2.03 bits per heavy atom. The fourth-order valence-corrected chi connectivity index (χ4v) is 6.99. The fourth-order valence-electron chi connectivity index (χ4n) is 6.99. The Kier molecular flexibility index (Phi) is 5.90. The molecule has 0 radical (unpaired) electrons. The molecular formula is C23H37N3O3. The van der Waals surface area contributed by atoms with E-state index < -0.39 is 0 Å². The summed E-state index contributed by atoms with van der Waals surface area (Å²) in [7, 11) is 0. The van der Waals surface area contributed by atoms with Crippen molar-refractivity contribution in [3.05, 3.63) is 0 Å². The van der Waals surface area contributed by atoms with Gasteiger partial charge in [0.25, 0.3) is 0 Å². The number of hydrogen-bond donors (Lipinski definition) is 2. The van der Waals surface area contributed by atoms with Crippen molar-refractivity contribution in [2.45, 2.75) is 77.7 Å². The summed E-state index contributed by atoms with van der Waals surface area (Å²) >= 11 is 0. The molecule has 5 rings (SSSR count). The Labute approximate surface area is 174 Å². The predicted molar refractivity (Wildman–Crippen MR) is 111 cm³/mol. The SMILES string of the molecule is CC(C)NC(=O)C1CCN(C(=O)CNC(=O)CC23CC4CC(CC(C4)C2)C3)CC1. The number of hydrogen-bond acceptors (Lipinski definition) is 3. The molecule has 1 aliphatic heterocycles. The number of nitrogens with zero attached hydrogens (tertiary/aromatic N) is 1. The third-order valence-electron chi connectivity index (χ3n) is 7.79. The van der Waals surface area contributed by atoms with E-state index in [4.69, 9.17) is 0 Å². The van der Waals surface area contributed by atoms with Gasteiger partial charge in [-0.3, -0.25) is 14.4 Å². The number of amides is 3. The number of carbonyl (C=O) groups is 3. The summed E-state index contributed by atoms with van der Waals surface area (Å²) in [6.07, 6.45) is 9.78. The Hall–Kier alpha value is -1.59. The van der Waals surface area contributed by atoms with Gasteiger partial charge < -0.3 is 15.5 Å². The molecule has 4 aliphatic carbocycles. The second-order valence-corrected chi connectivity index (χ2v) is 10.7. The third-order valence-corrected chi connectivity index (χ3v) is 7.79. The number of carbonyl (C=O) groups excluding carboxylic acids is 3. The summed E-state index contributed by atoms with van der Waals surface area (Å²) in [5.74, 6) is 2.63. The first-order valence-electron chi connectivity index (χ1n) is 11.7. The molecule has 1 saturated heterocycles. The smallest absolute Gasteiger partial charge is 0.241 e. The molecule has 2 N–H and O–H groups in total. The summed E-state index contributed by atoms with van der Waals surface area (Å²) in [6.45, 7) is 5.21. The van der Waals surface area contributed by atoms with Crippen molar-refractivity contribution in [3.8, 4) is 0 Å². The lowest BCUT2D eigenvalue weighted by atomic mass is 9.49. The molecule has 4 saturated carbocycles. The first-order valence-corrected chi connectivity index (χ1v) is 11.7. The second kappa shape index (κ2) is 8.27. The van der Waals surface area contributed by atoms with Crippen LogP contribution in [0.2, 0.25) is 0 Å². The van der Waals surface area contributed by atoms with Crippen LogP contribution in [0.3, 0.4) is 0 Å². The maximum Gasteiger partial charge on any atom is 0.241 e. The number of rotatable bonds is 6. The lowest BCUT2D eigenvalue weighted by Gasteiger charge is -2.56. The number of piperidine rings is 1. The molecule has 6 nitrogen and oxygen atoms in total. The Balaban J connectivity index is 1.19. The Bertz CT molecular complexity index is 616. The van der Waals surface area contributed by atoms with E-state index in [-0.39, 0.29) is 41.6 Å². The van der Waals surface area contributed by atoms with Crippen molar-refractivity contribution in [1.82, 2.24) is 15.5 Å². The summed E-state index contributed by atoms with van der Waals surface area (Å²) in [5, 5.41) is 5.86. The van der Waals surface area contributed by atoms with Crippen molar-refractivity contribution < 1.29 is 14.4 Å². The molecule has 0 aromatic heterocycles. The van der Waals surface area contributed by atoms with Crippen molar-refractivity contribution >= 4 is 17.7 Å². The summed E-state index contributed by atoms with van der Waals surface area (Å²) < 4.78 is 0. The minimum atomic E-state index is -0.0217. The first-order chi connectivity index (χ1) is 13.8. The zero-order chi connectivity index (χ0) is 20.6. The molecule has 0 unspecified atom stereocenters. The standard InChI is InChI=1S/C23H37N3O3/c1-15(2)25-22(29)19-3-5-26(6-4-19)21(28)14-24-20(27)13-23-10-16-7-17(11-23)9-18(8-16)12-23/h15-19H,3-14H2,1-2H3,(H,24,27)(H,25,29). The minimum absolute atomic E-state index is 0.00729. The highest BCUT2D eigenvalue weighted by molar-refractivity contribution is 5.85. The number of nitrogens with one attached hydrogen (secondary N) is 2. The highest BCUT2D eigenvalue weighted by Crippen LogP contribution is 2.61. The topological polar surface area (TPSA) is 78.5 Å². The molecule has 0 atom stereocenters. The maximum atomic E-state index is 12.6. The minimum Gasteiger partial charge on any atom is -0.354 e. The first kappa shape index (κ1) is 20.7. The average Bonchev–Trinajstić information content (AvgIpc) is 2.64. The van der Waals surface area contributed by atoms with Gasteiger partial charge >= 0.3 is 0 Å². The largest absolute Gasteiger partial charge is 0.354 e. The molecule has 0 aromatic rings. The van der Waals surface area contributed by atoms with Crippen molar-refractivity contribution in [1.29, 1.82) is 0 Å². The maximum absolute atomic E-state index is 12.6. The molecule has 5 aliphatic rings. The van der Waals surface area contributed by atoms with Gasteiger partial charge in [0, 0.05) is 31.5 Å². The molecule has 29 heavy (non-hydrogen) atoms. The van der Waals surface area contributed by atoms with Crippen LogP contribution in [0, 0.1) is 29.1 Å². The Morgan fingerprint density at radius 1 is 0.966 bits per heavy atom. The van der Waals surface area contributed by atoms with Gasteiger partial charge in [-0.15, -0.1) is 0 Å². The number of likely N-dealkylation sites (tertiary alicyclic amines) is 1. The Morgan fingerprint density at radius 2 is 1.52 bits per heavy atom. The van der Waals surface area contributed by atoms with E-state index in [0.29, 0.717) is 32.4 Å². The van der Waals surface area contributed by atoms with Crippen molar-refractivity contribution in [3.63, 3.8) is 0 Å². The summed E-state index contributed by atoms with van der Waals surface area (Å²) in [5.41, 5.74) is 0.212. The van der Waals surface area contributed by atoms with Crippen molar-refractivity contribution in [2.75, 3.05) is 19.6 Å². The highest BCUT2D eigenvalue weighted by Gasteiger charge is 2.51. The van der Waals surface area contributed by atoms with E-state index in [0.717, 1.165) is 17.8 Å². The van der Waals surface area contributed by atoms with Crippen molar-refractivity contribution in [2.24, 2.45) is 29.1 Å². The van der Waals surface area contributed by atoms with E-state index in [9.17, 15) is 14.4 Å². The average molecular weight is 404 g/mol. The van der Waals surface area contributed by atoms with Gasteiger partial charge in [0.1, 0.15) is 0 Å². The van der Waals surface area contributed by atoms with Gasteiger partial charge in [-0.25, -0.2) is 0 Å². The van der Waals surface area contributed by atoms with Gasteiger partial charge in [-0.2, -0.15) is 0 Å². The molecule has 0 aromatic carbocycles. The van der Waals surface area contributed by atoms with Gasteiger partial charge in [0.15, 0.2) is 0 Å². The normalized spacial score (nSPS) is 33.8. The predicted octanol–water partition coefficient (Wildman–Crippen LogP) is 2.47. The molecule has 3 amide bonds. The van der Waals surface area contributed by atoms with Crippen LogP contribution in [0.5, 0.6) is 0 Å². The van der Waals surface area contributed by atoms with Gasteiger partial charge in [-0.05, 0) is 88.4 Å². The van der Waals surface area contributed by atoms with Gasteiger partial charge in [0.2, 0.25) is 17.7 Å². The van der Waals surface area contributed by atoms with E-state index in [1.807, 2.05) is 13.8 Å². The molecule has 4 bridgehead atoms. The molecule has 6 heteroatoms. The van der Waals surface area contributed by atoms with E-state index >= 15 is 0 Å². The lowest BCUT2D eigenvalue weighted by Crippen LogP contribution is -2.49. The van der Waals surface area contributed by atoms with Crippen LogP contribution in [0.25, 0.3) is 0 Å². The second-order valence-electron chi connectivity index (χ2n) is 10.7.